The van der Waals surface area contributed by atoms with Crippen LogP contribution in [0.2, 0.25) is 0 Å². The van der Waals surface area contributed by atoms with Crippen LogP contribution in [-0.4, -0.2) is 23.9 Å². The van der Waals surface area contributed by atoms with Crippen molar-refractivity contribution in [3.63, 3.8) is 0 Å². The largest absolute Gasteiger partial charge is 0.465 e. The monoisotopic (exact) mass is 404 g/mol. The smallest absolute Gasteiger partial charge is 0.338 e. The predicted octanol–water partition coefficient (Wildman–Crippen LogP) is 4.01. The van der Waals surface area contributed by atoms with Gasteiger partial charge in [-0.1, -0.05) is 36.4 Å². The molecule has 1 heterocycles. The van der Waals surface area contributed by atoms with E-state index >= 15 is 0 Å². The van der Waals surface area contributed by atoms with Crippen LogP contribution in [-0.2, 0) is 4.74 Å². The van der Waals surface area contributed by atoms with Crippen LogP contribution in [0.4, 0.5) is 5.69 Å². The number of nitrogens with zero attached hydrogens (tertiary/aromatic N) is 1. The lowest BCUT2D eigenvalue weighted by molar-refractivity contribution is -0.384. The summed E-state index contributed by atoms with van der Waals surface area (Å²) < 4.78 is 10.5. The quantitative estimate of drug-likeness (QED) is 0.400. The molecule has 0 unspecified atom stereocenters. The molecule has 1 aliphatic rings. The summed E-state index contributed by atoms with van der Waals surface area (Å²) in [4.78, 5) is 35.5. The number of carbonyl (C=O) groups excluding carboxylic acids is 2. The van der Waals surface area contributed by atoms with E-state index in [1.165, 1.54) is 6.07 Å². The van der Waals surface area contributed by atoms with Gasteiger partial charge in [-0.15, -0.1) is 0 Å². The molecular weight excluding hydrogens is 388 g/mol. The molecule has 8 nitrogen and oxygen atoms in total. The molecule has 0 saturated heterocycles. The highest BCUT2D eigenvalue weighted by Crippen LogP contribution is 2.42. The van der Waals surface area contributed by atoms with Gasteiger partial charge in [0.15, 0.2) is 0 Å². The number of hydrogen-bond acceptors (Lipinski definition) is 6. The van der Waals surface area contributed by atoms with Gasteiger partial charge in [-0.2, -0.15) is 0 Å². The molecule has 0 aromatic heterocycles. The molecule has 0 fully saturated rings. The topological polar surface area (TPSA) is 108 Å². The minimum Gasteiger partial charge on any atom is -0.465 e. The van der Waals surface area contributed by atoms with Crippen molar-refractivity contribution in [1.29, 1.82) is 0 Å². The number of ether oxygens (including phenoxy) is 2. The van der Waals surface area contributed by atoms with Crippen molar-refractivity contribution >= 4 is 17.6 Å². The maximum Gasteiger partial charge on any atom is 0.338 e. The number of non-ortho nitro benzene ring substituents is 1. The molecule has 0 aliphatic carbocycles. The summed E-state index contributed by atoms with van der Waals surface area (Å²) in [6.45, 7) is 0. The normalized spacial score (nSPS) is 12.2. The molecule has 0 saturated carbocycles. The maximum absolute atomic E-state index is 13.0. The number of fused-ring (bicyclic) bond motifs is 2. The van der Waals surface area contributed by atoms with E-state index < -0.39 is 22.8 Å². The molecule has 1 amide bonds. The highest BCUT2D eigenvalue weighted by atomic mass is 16.6. The van der Waals surface area contributed by atoms with E-state index in [0.717, 1.165) is 30.4 Å². The minimum absolute atomic E-state index is 0.0222. The molecule has 0 spiro atoms. The van der Waals surface area contributed by atoms with Gasteiger partial charge >= 0.3 is 5.97 Å². The van der Waals surface area contributed by atoms with Gasteiger partial charge in [0.25, 0.3) is 11.6 Å². The molecule has 30 heavy (non-hydrogen) atoms. The van der Waals surface area contributed by atoms with E-state index in [0.29, 0.717) is 11.5 Å². The lowest BCUT2D eigenvalue weighted by atomic mass is 9.94. The van der Waals surface area contributed by atoms with Crippen LogP contribution < -0.4 is 10.1 Å². The Kier molecular flexibility index (Phi) is 4.89. The van der Waals surface area contributed by atoms with Gasteiger partial charge in [0.05, 0.1) is 23.6 Å². The second-order valence-electron chi connectivity index (χ2n) is 6.60. The Morgan fingerprint density at radius 3 is 2.10 bits per heavy atom. The third kappa shape index (κ3) is 3.46. The highest BCUT2D eigenvalue weighted by Gasteiger charge is 2.29. The molecule has 0 radical (unpaired) electrons. The molecule has 0 bridgehead atoms. The SMILES string of the molecule is COC(=O)c1cc(C(=O)NC2c3ccccc3Oc3ccccc32)cc([N+](=O)[O-])c1. The number of benzene rings is 3. The first-order valence-electron chi connectivity index (χ1n) is 9.02. The van der Waals surface area contributed by atoms with Crippen LogP contribution in [0.25, 0.3) is 0 Å². The standard InChI is InChI=1S/C22H16N2O6/c1-29-22(26)14-10-13(11-15(12-14)24(27)28)21(25)23-20-16-6-2-4-8-18(16)30-19-9-5-3-7-17(19)20/h2-12,20H,1H3,(H,23,25). The summed E-state index contributed by atoms with van der Waals surface area (Å²) in [6, 6.07) is 17.5. The van der Waals surface area contributed by atoms with E-state index in [-0.39, 0.29) is 16.8 Å². The average molecular weight is 404 g/mol. The Morgan fingerprint density at radius 2 is 1.53 bits per heavy atom. The molecule has 8 heteroatoms. The van der Waals surface area contributed by atoms with Crippen molar-refractivity contribution in [2.24, 2.45) is 0 Å². The number of amides is 1. The Bertz CT molecular complexity index is 1130. The summed E-state index contributed by atoms with van der Waals surface area (Å²) >= 11 is 0. The minimum atomic E-state index is -0.769. The number of nitrogens with one attached hydrogen (secondary N) is 1. The van der Waals surface area contributed by atoms with E-state index in [4.69, 9.17) is 4.74 Å². The predicted molar refractivity (Wildman–Crippen MR) is 107 cm³/mol. The molecule has 0 atom stereocenters. The number of nitro benzene ring substituents is 1. The number of hydrogen-bond donors (Lipinski definition) is 1. The van der Waals surface area contributed by atoms with Crippen molar-refractivity contribution in [1.82, 2.24) is 5.32 Å². The molecule has 3 aromatic carbocycles. The van der Waals surface area contributed by atoms with Gasteiger partial charge in [0.2, 0.25) is 0 Å². The molecule has 4 rings (SSSR count). The number of para-hydroxylation sites is 2. The Labute approximate surface area is 171 Å². The van der Waals surface area contributed by atoms with Crippen molar-refractivity contribution in [3.8, 4) is 11.5 Å². The molecule has 3 aromatic rings. The number of esters is 1. The number of rotatable bonds is 4. The Balaban J connectivity index is 1.74. The van der Waals surface area contributed by atoms with Crippen molar-refractivity contribution in [3.05, 3.63) is 99.1 Å². The first-order chi connectivity index (χ1) is 14.5. The Hall–Kier alpha value is -4.20. The number of methoxy groups -OCH3 is 1. The fourth-order valence-electron chi connectivity index (χ4n) is 3.36. The Morgan fingerprint density at radius 1 is 0.967 bits per heavy atom. The van der Waals surface area contributed by atoms with Gasteiger partial charge in [0, 0.05) is 28.8 Å². The lowest BCUT2D eigenvalue weighted by Gasteiger charge is -2.28. The van der Waals surface area contributed by atoms with Crippen LogP contribution in [0.3, 0.4) is 0 Å². The number of carbonyl (C=O) groups is 2. The van der Waals surface area contributed by atoms with Crippen LogP contribution >= 0.6 is 0 Å². The fraction of sp³-hybridized carbons (Fsp3) is 0.0909. The maximum atomic E-state index is 13.0. The lowest BCUT2D eigenvalue weighted by Crippen LogP contribution is -2.31. The van der Waals surface area contributed by atoms with E-state index in [1.54, 1.807) is 12.1 Å². The summed E-state index contributed by atoms with van der Waals surface area (Å²) in [7, 11) is 1.16. The summed E-state index contributed by atoms with van der Waals surface area (Å²) in [6.07, 6.45) is 0. The zero-order chi connectivity index (χ0) is 21.3. The zero-order valence-corrected chi connectivity index (χ0v) is 15.8. The summed E-state index contributed by atoms with van der Waals surface area (Å²) in [5.74, 6) is -0.124. The van der Waals surface area contributed by atoms with Crippen LogP contribution in [0, 0.1) is 10.1 Å². The molecule has 1 aliphatic heterocycles. The highest BCUT2D eigenvalue weighted by molar-refractivity contribution is 5.99. The fourth-order valence-corrected chi connectivity index (χ4v) is 3.36. The van der Waals surface area contributed by atoms with Gasteiger partial charge in [0.1, 0.15) is 11.5 Å². The molecular formula is C22H16N2O6. The van der Waals surface area contributed by atoms with Crippen LogP contribution in [0.15, 0.2) is 66.7 Å². The second-order valence-corrected chi connectivity index (χ2v) is 6.60. The van der Waals surface area contributed by atoms with Crippen LogP contribution in [0.1, 0.15) is 37.9 Å². The van der Waals surface area contributed by atoms with E-state index in [1.807, 2.05) is 36.4 Å². The zero-order valence-electron chi connectivity index (χ0n) is 15.8. The van der Waals surface area contributed by atoms with Gasteiger partial charge in [-0.05, 0) is 18.2 Å². The molecule has 150 valence electrons. The first-order valence-corrected chi connectivity index (χ1v) is 9.02. The van der Waals surface area contributed by atoms with Crippen molar-refractivity contribution < 1.29 is 24.0 Å². The average Bonchev–Trinajstić information content (AvgIpc) is 2.77. The first kappa shape index (κ1) is 19.1. The summed E-state index contributed by atoms with van der Waals surface area (Å²) in [5.41, 5.74) is 1.03. The van der Waals surface area contributed by atoms with Crippen molar-refractivity contribution in [2.45, 2.75) is 6.04 Å². The van der Waals surface area contributed by atoms with Gasteiger partial charge in [-0.25, -0.2) is 4.79 Å². The number of nitro groups is 1. The van der Waals surface area contributed by atoms with Crippen molar-refractivity contribution in [2.75, 3.05) is 7.11 Å². The second kappa shape index (κ2) is 7.67. The summed E-state index contributed by atoms with van der Waals surface area (Å²) in [5, 5.41) is 14.2. The van der Waals surface area contributed by atoms with E-state index in [9.17, 15) is 19.7 Å². The van der Waals surface area contributed by atoms with Crippen LogP contribution in [0.5, 0.6) is 11.5 Å². The van der Waals surface area contributed by atoms with Gasteiger partial charge in [-0.3, -0.25) is 14.9 Å². The molecule has 1 N–H and O–H groups in total. The van der Waals surface area contributed by atoms with Gasteiger partial charge < -0.3 is 14.8 Å². The third-order valence-electron chi connectivity index (χ3n) is 4.77. The third-order valence-corrected chi connectivity index (χ3v) is 4.77. The van der Waals surface area contributed by atoms with E-state index in [2.05, 4.69) is 10.1 Å².